The second kappa shape index (κ2) is 7.90. The molecule has 0 fully saturated rings. The van der Waals surface area contributed by atoms with E-state index in [0.717, 1.165) is 6.42 Å². The van der Waals surface area contributed by atoms with E-state index >= 15 is 0 Å². The van der Waals surface area contributed by atoms with Crippen molar-refractivity contribution in [2.24, 2.45) is 0 Å². The summed E-state index contributed by atoms with van der Waals surface area (Å²) in [5, 5.41) is 0. The molecule has 0 aromatic rings. The number of hydrogen-bond donors (Lipinski definition) is 0. The maximum Gasteiger partial charge on any atom is 0.305 e. The number of nitrogens with zero attached hydrogens (tertiary/aromatic N) is 1. The van der Waals surface area contributed by atoms with Gasteiger partial charge >= 0.3 is 5.97 Å². The minimum Gasteiger partial charge on any atom is -0.466 e. The van der Waals surface area contributed by atoms with Crippen LogP contribution in [0.3, 0.4) is 0 Å². The largest absolute Gasteiger partial charge is 0.466 e. The van der Waals surface area contributed by atoms with Crippen molar-refractivity contribution in [1.29, 1.82) is 0 Å². The molecule has 0 saturated heterocycles. The third-order valence-corrected chi connectivity index (χ3v) is 2.49. The van der Waals surface area contributed by atoms with Gasteiger partial charge in [0.15, 0.2) is 0 Å². The van der Waals surface area contributed by atoms with Gasteiger partial charge in [0.2, 0.25) is 5.91 Å². The van der Waals surface area contributed by atoms with Crippen molar-refractivity contribution >= 4 is 11.9 Å². The molecule has 0 N–H and O–H groups in total. The van der Waals surface area contributed by atoms with E-state index in [1.165, 1.54) is 6.08 Å². The van der Waals surface area contributed by atoms with E-state index in [2.05, 4.69) is 6.58 Å². The van der Waals surface area contributed by atoms with Gasteiger partial charge < -0.3 is 9.64 Å². The van der Waals surface area contributed by atoms with Crippen LogP contribution in [-0.4, -0.2) is 35.5 Å². The summed E-state index contributed by atoms with van der Waals surface area (Å²) < 4.78 is 5.06. The standard InChI is InChI=1S/C14H25NO3/c1-6-9-13(17)18-11-8-10-15(12(16)7-2)14(3,4)5/h7H,2,6,8-11H2,1,3-5H3. The summed E-state index contributed by atoms with van der Waals surface area (Å²) in [5.41, 5.74) is -0.251. The van der Waals surface area contributed by atoms with Crippen molar-refractivity contribution in [2.45, 2.75) is 52.5 Å². The van der Waals surface area contributed by atoms with Gasteiger partial charge in [0, 0.05) is 18.5 Å². The lowest BCUT2D eigenvalue weighted by atomic mass is 10.1. The Morgan fingerprint density at radius 2 is 1.94 bits per heavy atom. The quantitative estimate of drug-likeness (QED) is 0.399. The molecule has 0 bridgehead atoms. The molecule has 1 amide bonds. The maximum atomic E-state index is 11.7. The molecular formula is C14H25NO3. The molecule has 0 heterocycles. The fraction of sp³-hybridized carbons (Fsp3) is 0.714. The summed E-state index contributed by atoms with van der Waals surface area (Å²) in [6.45, 7) is 12.3. The Bertz CT molecular complexity index is 292. The number of rotatable bonds is 7. The molecule has 4 nitrogen and oxygen atoms in total. The zero-order valence-corrected chi connectivity index (χ0v) is 12.0. The van der Waals surface area contributed by atoms with Crippen LogP contribution in [-0.2, 0) is 14.3 Å². The Balaban J connectivity index is 4.10. The van der Waals surface area contributed by atoms with E-state index < -0.39 is 0 Å². The molecule has 18 heavy (non-hydrogen) atoms. The van der Waals surface area contributed by atoms with Gasteiger partial charge in [0.25, 0.3) is 0 Å². The number of hydrogen-bond acceptors (Lipinski definition) is 3. The predicted molar refractivity (Wildman–Crippen MR) is 72.1 cm³/mol. The van der Waals surface area contributed by atoms with Gasteiger partial charge in [-0.25, -0.2) is 0 Å². The lowest BCUT2D eigenvalue weighted by Crippen LogP contribution is -2.45. The first kappa shape index (κ1) is 16.7. The van der Waals surface area contributed by atoms with Gasteiger partial charge in [-0.3, -0.25) is 9.59 Å². The lowest BCUT2D eigenvalue weighted by molar-refractivity contribution is -0.144. The van der Waals surface area contributed by atoms with E-state index in [0.29, 0.717) is 26.0 Å². The van der Waals surface area contributed by atoms with Crippen molar-refractivity contribution in [3.05, 3.63) is 12.7 Å². The molecule has 0 aromatic carbocycles. The predicted octanol–water partition coefficient (Wildman–Crippen LogP) is 2.53. The monoisotopic (exact) mass is 255 g/mol. The average molecular weight is 255 g/mol. The molecule has 0 unspecified atom stereocenters. The molecule has 0 rings (SSSR count). The van der Waals surface area contributed by atoms with Gasteiger partial charge in [-0.15, -0.1) is 0 Å². The normalized spacial score (nSPS) is 10.9. The Morgan fingerprint density at radius 1 is 1.33 bits per heavy atom. The molecule has 0 spiro atoms. The molecular weight excluding hydrogens is 230 g/mol. The topological polar surface area (TPSA) is 46.6 Å². The van der Waals surface area contributed by atoms with Crippen LogP contribution >= 0.6 is 0 Å². The van der Waals surface area contributed by atoms with Crippen molar-refractivity contribution in [2.75, 3.05) is 13.2 Å². The number of carbonyl (C=O) groups is 2. The molecule has 0 saturated carbocycles. The number of esters is 1. The van der Waals surface area contributed by atoms with Gasteiger partial charge in [-0.05, 0) is 39.7 Å². The average Bonchev–Trinajstić information content (AvgIpc) is 2.26. The summed E-state index contributed by atoms with van der Waals surface area (Å²) in [5.74, 6) is -0.266. The van der Waals surface area contributed by atoms with Gasteiger partial charge in [-0.1, -0.05) is 13.5 Å². The fourth-order valence-electron chi connectivity index (χ4n) is 1.57. The highest BCUT2D eigenvalue weighted by Crippen LogP contribution is 2.14. The lowest BCUT2D eigenvalue weighted by Gasteiger charge is -2.35. The van der Waals surface area contributed by atoms with Crippen LogP contribution in [0, 0.1) is 0 Å². The number of ether oxygens (including phenoxy) is 1. The Labute approximate surface area is 110 Å². The van der Waals surface area contributed by atoms with Crippen molar-refractivity contribution < 1.29 is 14.3 Å². The fourth-order valence-corrected chi connectivity index (χ4v) is 1.57. The molecule has 0 aromatic heterocycles. The van der Waals surface area contributed by atoms with Crippen LogP contribution in [0.15, 0.2) is 12.7 Å². The Kier molecular flexibility index (Phi) is 7.32. The summed E-state index contributed by atoms with van der Waals surface area (Å²) in [4.78, 5) is 24.6. The van der Waals surface area contributed by atoms with E-state index in [9.17, 15) is 9.59 Å². The van der Waals surface area contributed by atoms with Crippen LogP contribution in [0.5, 0.6) is 0 Å². The van der Waals surface area contributed by atoms with Crippen LogP contribution in [0.4, 0.5) is 0 Å². The van der Waals surface area contributed by atoms with Gasteiger partial charge in [-0.2, -0.15) is 0 Å². The van der Waals surface area contributed by atoms with Crippen molar-refractivity contribution in [1.82, 2.24) is 4.90 Å². The first-order chi connectivity index (χ1) is 8.32. The summed E-state index contributed by atoms with van der Waals surface area (Å²) >= 11 is 0. The zero-order chi connectivity index (χ0) is 14.2. The number of amides is 1. The van der Waals surface area contributed by atoms with E-state index in [1.807, 2.05) is 27.7 Å². The molecule has 0 radical (unpaired) electrons. The first-order valence-electron chi connectivity index (χ1n) is 6.42. The third-order valence-electron chi connectivity index (χ3n) is 2.49. The highest BCUT2D eigenvalue weighted by molar-refractivity contribution is 5.87. The molecule has 0 aliphatic rings. The minimum atomic E-state index is -0.251. The Morgan fingerprint density at radius 3 is 2.39 bits per heavy atom. The Hall–Kier alpha value is -1.32. The highest BCUT2D eigenvalue weighted by Gasteiger charge is 2.23. The third kappa shape index (κ3) is 6.42. The zero-order valence-electron chi connectivity index (χ0n) is 12.0. The highest BCUT2D eigenvalue weighted by atomic mass is 16.5. The molecule has 4 heteroatoms. The summed E-state index contributed by atoms with van der Waals surface area (Å²) in [6.07, 6.45) is 3.21. The van der Waals surface area contributed by atoms with Crippen molar-refractivity contribution in [3.8, 4) is 0 Å². The van der Waals surface area contributed by atoms with E-state index in [-0.39, 0.29) is 17.4 Å². The van der Waals surface area contributed by atoms with Gasteiger partial charge in [0.1, 0.15) is 0 Å². The molecule has 104 valence electrons. The first-order valence-corrected chi connectivity index (χ1v) is 6.42. The van der Waals surface area contributed by atoms with Crippen LogP contribution in [0.25, 0.3) is 0 Å². The van der Waals surface area contributed by atoms with E-state index in [1.54, 1.807) is 4.90 Å². The SMILES string of the molecule is C=CC(=O)N(CCCOC(=O)CCC)C(C)(C)C. The minimum absolute atomic E-state index is 0.0950. The summed E-state index contributed by atoms with van der Waals surface area (Å²) in [6, 6.07) is 0. The summed E-state index contributed by atoms with van der Waals surface area (Å²) in [7, 11) is 0. The number of carbonyl (C=O) groups excluding carboxylic acids is 2. The van der Waals surface area contributed by atoms with Crippen molar-refractivity contribution in [3.63, 3.8) is 0 Å². The second-order valence-electron chi connectivity index (χ2n) is 5.19. The van der Waals surface area contributed by atoms with Gasteiger partial charge in [0.05, 0.1) is 6.61 Å². The smallest absolute Gasteiger partial charge is 0.305 e. The second-order valence-corrected chi connectivity index (χ2v) is 5.19. The van der Waals surface area contributed by atoms with E-state index in [4.69, 9.17) is 4.74 Å². The van der Waals surface area contributed by atoms with Crippen LogP contribution < -0.4 is 0 Å². The van der Waals surface area contributed by atoms with Crippen LogP contribution in [0.1, 0.15) is 47.0 Å². The molecule has 0 atom stereocenters. The van der Waals surface area contributed by atoms with Crippen LogP contribution in [0.2, 0.25) is 0 Å². The molecule has 0 aliphatic carbocycles. The maximum absolute atomic E-state index is 11.7. The molecule has 0 aliphatic heterocycles.